The third-order valence-corrected chi connectivity index (χ3v) is 9.85. The molecule has 0 atom stereocenters. The third-order valence-electron chi connectivity index (χ3n) is 9.85. The SMILES string of the molecule is c1ccc(-c2cc3ccccc3c3ccccc23)c(-c2c3ccccc3c(-c3ccc4c(c3)oc3ccccc34)c3ccccc23)c1. The Bertz CT molecular complexity index is 2800. The molecule has 47 heavy (non-hydrogen) atoms. The minimum atomic E-state index is 0.912. The van der Waals surface area contributed by atoms with E-state index >= 15 is 0 Å². The Morgan fingerprint density at radius 2 is 0.787 bits per heavy atom. The van der Waals surface area contributed by atoms with Crippen molar-refractivity contribution in [3.63, 3.8) is 0 Å². The second-order valence-electron chi connectivity index (χ2n) is 12.4. The lowest BCUT2D eigenvalue weighted by Gasteiger charge is -2.20. The van der Waals surface area contributed by atoms with Gasteiger partial charge in [-0.15, -0.1) is 0 Å². The molecule has 0 radical (unpaired) electrons. The molecular formula is C46H28O. The van der Waals surface area contributed by atoms with Gasteiger partial charge in [-0.3, -0.25) is 0 Å². The van der Waals surface area contributed by atoms with Crippen LogP contribution in [0.4, 0.5) is 0 Å². The summed E-state index contributed by atoms with van der Waals surface area (Å²) in [4.78, 5) is 0. The van der Waals surface area contributed by atoms with Gasteiger partial charge in [0.1, 0.15) is 11.2 Å². The molecule has 0 amide bonds. The molecule has 10 aromatic rings. The maximum absolute atomic E-state index is 6.36. The summed E-state index contributed by atoms with van der Waals surface area (Å²) in [6, 6.07) is 61.6. The van der Waals surface area contributed by atoms with Gasteiger partial charge in [0.2, 0.25) is 0 Å². The fourth-order valence-electron chi connectivity index (χ4n) is 7.82. The lowest BCUT2D eigenvalue weighted by molar-refractivity contribution is 0.669. The Labute approximate surface area is 271 Å². The van der Waals surface area contributed by atoms with E-state index in [0.717, 1.165) is 27.5 Å². The van der Waals surface area contributed by atoms with Gasteiger partial charge in [0.15, 0.2) is 0 Å². The molecular weight excluding hydrogens is 569 g/mol. The fourth-order valence-corrected chi connectivity index (χ4v) is 7.82. The summed E-state index contributed by atoms with van der Waals surface area (Å²) >= 11 is 0. The van der Waals surface area contributed by atoms with Crippen LogP contribution in [0.15, 0.2) is 174 Å². The summed E-state index contributed by atoms with van der Waals surface area (Å²) < 4.78 is 6.36. The maximum Gasteiger partial charge on any atom is 0.136 e. The van der Waals surface area contributed by atoms with Crippen LogP contribution in [0.5, 0.6) is 0 Å². The lowest BCUT2D eigenvalue weighted by Crippen LogP contribution is -1.93. The van der Waals surface area contributed by atoms with E-state index in [2.05, 4.69) is 158 Å². The summed E-state index contributed by atoms with van der Waals surface area (Å²) in [6.07, 6.45) is 0. The second-order valence-corrected chi connectivity index (χ2v) is 12.4. The minimum absolute atomic E-state index is 0.912. The molecule has 0 saturated heterocycles. The van der Waals surface area contributed by atoms with Crippen LogP contribution in [0, 0.1) is 0 Å². The molecule has 1 aromatic heterocycles. The fraction of sp³-hybridized carbons (Fsp3) is 0. The molecule has 10 rings (SSSR count). The van der Waals surface area contributed by atoms with E-state index in [0.29, 0.717) is 0 Å². The first-order chi connectivity index (χ1) is 23.3. The summed E-state index contributed by atoms with van der Waals surface area (Å²) in [6.45, 7) is 0. The van der Waals surface area contributed by atoms with Crippen LogP contribution in [-0.4, -0.2) is 0 Å². The van der Waals surface area contributed by atoms with Crippen molar-refractivity contribution in [1.29, 1.82) is 0 Å². The average Bonchev–Trinajstić information content (AvgIpc) is 3.51. The van der Waals surface area contributed by atoms with Gasteiger partial charge in [0, 0.05) is 10.8 Å². The van der Waals surface area contributed by atoms with Crippen LogP contribution in [0.25, 0.3) is 98.4 Å². The molecule has 1 nitrogen and oxygen atoms in total. The van der Waals surface area contributed by atoms with Crippen molar-refractivity contribution in [2.24, 2.45) is 0 Å². The molecule has 0 unspecified atom stereocenters. The number of benzene rings is 9. The zero-order valence-corrected chi connectivity index (χ0v) is 25.6. The van der Waals surface area contributed by atoms with E-state index in [1.165, 1.54) is 70.9 Å². The van der Waals surface area contributed by atoms with Gasteiger partial charge in [-0.05, 0) is 101 Å². The predicted molar refractivity (Wildman–Crippen MR) is 200 cm³/mol. The zero-order valence-electron chi connectivity index (χ0n) is 25.6. The predicted octanol–water partition coefficient (Wildman–Crippen LogP) is 13.2. The summed E-state index contributed by atoms with van der Waals surface area (Å²) in [5.74, 6) is 0. The Balaban J connectivity index is 1.29. The van der Waals surface area contributed by atoms with Crippen LogP contribution in [0.2, 0.25) is 0 Å². The molecule has 1 heteroatoms. The summed E-state index contributed by atoms with van der Waals surface area (Å²) in [7, 11) is 0. The van der Waals surface area contributed by atoms with Crippen molar-refractivity contribution in [1.82, 2.24) is 0 Å². The van der Waals surface area contributed by atoms with Gasteiger partial charge in [-0.2, -0.15) is 0 Å². The van der Waals surface area contributed by atoms with Gasteiger partial charge in [-0.25, -0.2) is 0 Å². The van der Waals surface area contributed by atoms with Crippen molar-refractivity contribution >= 4 is 65.0 Å². The van der Waals surface area contributed by atoms with Crippen LogP contribution in [0.3, 0.4) is 0 Å². The van der Waals surface area contributed by atoms with Crippen LogP contribution < -0.4 is 0 Å². The van der Waals surface area contributed by atoms with Gasteiger partial charge in [-0.1, -0.05) is 146 Å². The van der Waals surface area contributed by atoms with E-state index in [-0.39, 0.29) is 0 Å². The molecule has 0 saturated carbocycles. The van der Waals surface area contributed by atoms with Gasteiger partial charge < -0.3 is 4.42 Å². The van der Waals surface area contributed by atoms with E-state index < -0.39 is 0 Å². The van der Waals surface area contributed by atoms with Gasteiger partial charge >= 0.3 is 0 Å². The first-order valence-corrected chi connectivity index (χ1v) is 16.2. The van der Waals surface area contributed by atoms with Gasteiger partial charge in [0.25, 0.3) is 0 Å². The summed E-state index contributed by atoms with van der Waals surface area (Å²) in [5, 5.41) is 12.3. The Morgan fingerprint density at radius 3 is 1.51 bits per heavy atom. The van der Waals surface area contributed by atoms with Crippen molar-refractivity contribution in [2.45, 2.75) is 0 Å². The molecule has 218 valence electrons. The van der Waals surface area contributed by atoms with E-state index in [1.807, 2.05) is 12.1 Å². The molecule has 0 spiro atoms. The zero-order chi connectivity index (χ0) is 30.9. The van der Waals surface area contributed by atoms with Crippen LogP contribution in [-0.2, 0) is 0 Å². The minimum Gasteiger partial charge on any atom is -0.456 e. The molecule has 0 fully saturated rings. The number of para-hydroxylation sites is 1. The second kappa shape index (κ2) is 10.2. The van der Waals surface area contributed by atoms with Crippen LogP contribution in [0.1, 0.15) is 0 Å². The molecule has 0 N–H and O–H groups in total. The third kappa shape index (κ3) is 3.90. The topological polar surface area (TPSA) is 13.1 Å². The largest absolute Gasteiger partial charge is 0.456 e. The Morgan fingerprint density at radius 1 is 0.277 bits per heavy atom. The highest BCUT2D eigenvalue weighted by molar-refractivity contribution is 6.24. The first kappa shape index (κ1) is 26.1. The normalized spacial score (nSPS) is 11.8. The maximum atomic E-state index is 6.36. The van der Waals surface area contributed by atoms with E-state index in [4.69, 9.17) is 4.42 Å². The highest BCUT2D eigenvalue weighted by atomic mass is 16.3. The smallest absolute Gasteiger partial charge is 0.136 e. The quantitative estimate of drug-likeness (QED) is 0.146. The van der Waals surface area contributed by atoms with E-state index in [9.17, 15) is 0 Å². The van der Waals surface area contributed by atoms with Crippen molar-refractivity contribution in [2.75, 3.05) is 0 Å². The summed E-state index contributed by atoms with van der Waals surface area (Å²) in [5.41, 5.74) is 9.21. The van der Waals surface area contributed by atoms with Gasteiger partial charge in [0.05, 0.1) is 0 Å². The van der Waals surface area contributed by atoms with Crippen molar-refractivity contribution in [3.8, 4) is 33.4 Å². The lowest BCUT2D eigenvalue weighted by atomic mass is 9.83. The molecule has 0 aliphatic rings. The number of hydrogen-bond acceptors (Lipinski definition) is 1. The highest BCUT2D eigenvalue weighted by Gasteiger charge is 2.20. The van der Waals surface area contributed by atoms with Crippen molar-refractivity contribution < 1.29 is 4.42 Å². The molecule has 0 aliphatic carbocycles. The average molecular weight is 597 g/mol. The molecule has 0 aliphatic heterocycles. The molecule has 9 aromatic carbocycles. The van der Waals surface area contributed by atoms with E-state index in [1.54, 1.807) is 0 Å². The number of furan rings is 1. The molecule has 0 bridgehead atoms. The number of fused-ring (bicyclic) bond motifs is 8. The number of rotatable bonds is 3. The monoisotopic (exact) mass is 596 g/mol. The Kier molecular flexibility index (Phi) is 5.64. The standard InChI is InChI=1S/C46H28O/c1-2-14-31-29(13-1)27-42(33-16-4-3-15-32(31)33)34-17-5-6-19-37(34)46-40-22-9-7-20-38(40)45(39-21-8-10-23-41(39)46)30-25-26-36-35-18-11-12-24-43(35)47-44(36)28-30/h1-28H. The Hall–Kier alpha value is -6.18. The first-order valence-electron chi connectivity index (χ1n) is 16.2. The van der Waals surface area contributed by atoms with Crippen molar-refractivity contribution in [3.05, 3.63) is 170 Å². The highest BCUT2D eigenvalue weighted by Crippen LogP contribution is 2.48. The van der Waals surface area contributed by atoms with Crippen LogP contribution >= 0.6 is 0 Å². The number of hydrogen-bond donors (Lipinski definition) is 0. The molecule has 1 heterocycles.